The van der Waals surface area contributed by atoms with Gasteiger partial charge in [0.2, 0.25) is 5.95 Å². The summed E-state index contributed by atoms with van der Waals surface area (Å²) in [5.41, 5.74) is 2.21. The largest absolute Gasteiger partial charge is 0.493 e. The second kappa shape index (κ2) is 10.9. The van der Waals surface area contributed by atoms with E-state index in [0.717, 1.165) is 88.4 Å². The van der Waals surface area contributed by atoms with Crippen molar-refractivity contribution in [1.29, 1.82) is 0 Å². The van der Waals surface area contributed by atoms with Crippen molar-refractivity contribution < 1.29 is 14.2 Å². The molecule has 0 bridgehead atoms. The maximum atomic E-state index is 5.94. The minimum Gasteiger partial charge on any atom is -0.493 e. The average Bonchev–Trinajstić information content (AvgIpc) is 3.32. The molecule has 2 fully saturated rings. The quantitative estimate of drug-likeness (QED) is 0.588. The molecule has 1 aromatic heterocycles. The van der Waals surface area contributed by atoms with Gasteiger partial charge in [-0.25, -0.2) is 9.97 Å². The zero-order valence-corrected chi connectivity index (χ0v) is 19.5. The Morgan fingerprint density at radius 1 is 1.06 bits per heavy atom. The molecule has 2 aromatic rings. The normalized spacial score (nSPS) is 19.5. The summed E-state index contributed by atoms with van der Waals surface area (Å²) in [5.74, 6) is 2.33. The second-order valence-corrected chi connectivity index (χ2v) is 8.63. The van der Waals surface area contributed by atoms with E-state index in [-0.39, 0.29) is 6.10 Å². The van der Waals surface area contributed by atoms with Crippen molar-refractivity contribution in [2.45, 2.75) is 32.0 Å². The summed E-state index contributed by atoms with van der Waals surface area (Å²) < 4.78 is 16.8. The number of ether oxygens (including phenoxy) is 3. The number of aromatic nitrogens is 2. The first-order valence-corrected chi connectivity index (χ1v) is 11.4. The Hall–Kier alpha value is -2.42. The van der Waals surface area contributed by atoms with E-state index in [2.05, 4.69) is 38.9 Å². The molecule has 0 aliphatic carbocycles. The molecule has 174 valence electrons. The average molecular weight is 442 g/mol. The van der Waals surface area contributed by atoms with Gasteiger partial charge in [-0.15, -0.1) is 0 Å². The van der Waals surface area contributed by atoms with Gasteiger partial charge in [-0.2, -0.15) is 0 Å². The number of methoxy groups -OCH3 is 2. The van der Waals surface area contributed by atoms with Crippen molar-refractivity contribution in [3.8, 4) is 11.5 Å². The summed E-state index contributed by atoms with van der Waals surface area (Å²) >= 11 is 0. The molecule has 0 spiro atoms. The van der Waals surface area contributed by atoms with Crippen LogP contribution < -0.4 is 14.4 Å². The van der Waals surface area contributed by atoms with Crippen molar-refractivity contribution in [1.82, 2.24) is 19.8 Å². The first-order valence-electron chi connectivity index (χ1n) is 11.4. The van der Waals surface area contributed by atoms with Crippen molar-refractivity contribution in [3.05, 3.63) is 41.7 Å². The first-order chi connectivity index (χ1) is 15.6. The molecular formula is C24H35N5O3. The number of rotatable bonds is 9. The molecular weight excluding hydrogens is 406 g/mol. The number of likely N-dealkylation sites (N-methyl/N-ethyl adjacent to an activating group) is 1. The molecule has 8 nitrogen and oxygen atoms in total. The van der Waals surface area contributed by atoms with Crippen LogP contribution in [-0.2, 0) is 17.8 Å². The van der Waals surface area contributed by atoms with E-state index in [1.54, 1.807) is 14.2 Å². The predicted octanol–water partition coefficient (Wildman–Crippen LogP) is 2.43. The van der Waals surface area contributed by atoms with Crippen LogP contribution in [0.5, 0.6) is 11.5 Å². The fourth-order valence-corrected chi connectivity index (χ4v) is 4.36. The topological polar surface area (TPSA) is 63.2 Å². The van der Waals surface area contributed by atoms with Crippen LogP contribution in [0.15, 0.2) is 30.5 Å². The molecule has 0 radical (unpaired) electrons. The van der Waals surface area contributed by atoms with E-state index in [0.29, 0.717) is 0 Å². The number of hydrogen-bond donors (Lipinski definition) is 0. The lowest BCUT2D eigenvalue weighted by Gasteiger charge is -2.32. The Balaban J connectivity index is 1.49. The predicted molar refractivity (Wildman–Crippen MR) is 124 cm³/mol. The lowest BCUT2D eigenvalue weighted by molar-refractivity contribution is 0.0674. The molecule has 0 amide bonds. The minimum atomic E-state index is 0.272. The van der Waals surface area contributed by atoms with Crippen molar-refractivity contribution in [2.24, 2.45) is 0 Å². The molecule has 4 rings (SSSR count). The van der Waals surface area contributed by atoms with Gasteiger partial charge in [-0.3, -0.25) is 4.90 Å². The highest BCUT2D eigenvalue weighted by molar-refractivity contribution is 5.42. The van der Waals surface area contributed by atoms with Gasteiger partial charge >= 0.3 is 0 Å². The van der Waals surface area contributed by atoms with Crippen LogP contribution in [0.4, 0.5) is 5.95 Å². The van der Waals surface area contributed by atoms with E-state index in [4.69, 9.17) is 19.2 Å². The fraction of sp³-hybridized carbons (Fsp3) is 0.583. The third kappa shape index (κ3) is 5.88. The Morgan fingerprint density at radius 3 is 2.59 bits per heavy atom. The number of piperazine rings is 1. The smallest absolute Gasteiger partial charge is 0.225 e. The van der Waals surface area contributed by atoms with Crippen LogP contribution in [-0.4, -0.2) is 86.5 Å². The lowest BCUT2D eigenvalue weighted by atomic mass is 10.1. The number of benzene rings is 1. The summed E-state index contributed by atoms with van der Waals surface area (Å²) in [7, 11) is 5.49. The minimum absolute atomic E-state index is 0.272. The molecule has 1 atom stereocenters. The van der Waals surface area contributed by atoms with E-state index < -0.39 is 0 Å². The van der Waals surface area contributed by atoms with Gasteiger partial charge in [-0.1, -0.05) is 6.07 Å². The van der Waals surface area contributed by atoms with Crippen LogP contribution >= 0.6 is 0 Å². The molecule has 32 heavy (non-hydrogen) atoms. The standard InChI is InChI=1S/C24H35N5O3/c1-27-10-12-29(13-11-27)24-25-9-8-20(26-24)17-28(18-21-5-4-14-32-21)16-19-6-7-22(30-2)23(15-19)31-3/h6-9,15,21H,4-5,10-14,16-18H2,1-3H3/t21-/m1/s1. The van der Waals surface area contributed by atoms with Gasteiger partial charge in [0, 0.05) is 58.6 Å². The lowest BCUT2D eigenvalue weighted by Crippen LogP contribution is -2.45. The molecule has 2 aliphatic heterocycles. The SMILES string of the molecule is COc1ccc(CN(Cc2ccnc(N3CCN(C)CC3)n2)C[C@H]2CCCO2)cc1OC. The Kier molecular flexibility index (Phi) is 7.78. The Bertz CT molecular complexity index is 866. The van der Waals surface area contributed by atoms with Crippen LogP contribution in [0.3, 0.4) is 0 Å². The first kappa shape index (κ1) is 22.8. The van der Waals surface area contributed by atoms with Crippen LogP contribution in [0.2, 0.25) is 0 Å². The number of anilines is 1. The van der Waals surface area contributed by atoms with Gasteiger partial charge in [0.1, 0.15) is 0 Å². The van der Waals surface area contributed by atoms with E-state index in [9.17, 15) is 0 Å². The van der Waals surface area contributed by atoms with Crippen LogP contribution in [0, 0.1) is 0 Å². The van der Waals surface area contributed by atoms with Gasteiger partial charge in [-0.05, 0) is 43.7 Å². The molecule has 2 aliphatic rings. The molecule has 8 heteroatoms. The van der Waals surface area contributed by atoms with Crippen molar-refractivity contribution in [3.63, 3.8) is 0 Å². The van der Waals surface area contributed by atoms with E-state index in [1.807, 2.05) is 18.3 Å². The van der Waals surface area contributed by atoms with Gasteiger partial charge < -0.3 is 24.0 Å². The monoisotopic (exact) mass is 441 g/mol. The highest BCUT2D eigenvalue weighted by Crippen LogP contribution is 2.28. The molecule has 3 heterocycles. The summed E-state index contributed by atoms with van der Waals surface area (Å²) in [6.45, 7) is 7.27. The summed E-state index contributed by atoms with van der Waals surface area (Å²) in [6.07, 6.45) is 4.40. The van der Waals surface area contributed by atoms with Crippen LogP contribution in [0.25, 0.3) is 0 Å². The fourth-order valence-electron chi connectivity index (χ4n) is 4.36. The van der Waals surface area contributed by atoms with Gasteiger partial charge in [0.25, 0.3) is 0 Å². The molecule has 0 unspecified atom stereocenters. The Morgan fingerprint density at radius 2 is 1.88 bits per heavy atom. The third-order valence-electron chi connectivity index (χ3n) is 6.21. The Labute approximate surface area is 191 Å². The van der Waals surface area contributed by atoms with E-state index in [1.165, 1.54) is 5.56 Å². The van der Waals surface area contributed by atoms with Crippen molar-refractivity contribution in [2.75, 3.05) is 65.5 Å². The molecule has 0 saturated carbocycles. The molecule has 0 N–H and O–H groups in total. The second-order valence-electron chi connectivity index (χ2n) is 8.63. The summed E-state index contributed by atoms with van der Waals surface area (Å²) in [4.78, 5) is 16.5. The maximum Gasteiger partial charge on any atom is 0.225 e. The highest BCUT2D eigenvalue weighted by atomic mass is 16.5. The highest BCUT2D eigenvalue weighted by Gasteiger charge is 2.21. The van der Waals surface area contributed by atoms with Gasteiger partial charge in [0.05, 0.1) is 26.0 Å². The molecule has 1 aromatic carbocycles. The summed E-state index contributed by atoms with van der Waals surface area (Å²) in [6, 6.07) is 8.14. The molecule has 2 saturated heterocycles. The zero-order valence-electron chi connectivity index (χ0n) is 19.5. The number of hydrogen-bond acceptors (Lipinski definition) is 8. The van der Waals surface area contributed by atoms with E-state index >= 15 is 0 Å². The van der Waals surface area contributed by atoms with Gasteiger partial charge in [0.15, 0.2) is 11.5 Å². The summed E-state index contributed by atoms with van der Waals surface area (Å²) in [5, 5.41) is 0. The zero-order chi connectivity index (χ0) is 22.3. The van der Waals surface area contributed by atoms with Crippen LogP contribution in [0.1, 0.15) is 24.1 Å². The van der Waals surface area contributed by atoms with Crippen molar-refractivity contribution >= 4 is 5.95 Å². The maximum absolute atomic E-state index is 5.94. The number of nitrogens with zero attached hydrogens (tertiary/aromatic N) is 5. The third-order valence-corrected chi connectivity index (χ3v) is 6.21.